The van der Waals surface area contributed by atoms with E-state index >= 15 is 0 Å². The predicted octanol–water partition coefficient (Wildman–Crippen LogP) is 2.25. The Hall–Kier alpha value is -1.36. The van der Waals surface area contributed by atoms with Crippen LogP contribution in [0.3, 0.4) is 0 Å². The summed E-state index contributed by atoms with van der Waals surface area (Å²) in [5.41, 5.74) is 0.756. The van der Waals surface area contributed by atoms with Crippen LogP contribution in [-0.2, 0) is 6.54 Å². The quantitative estimate of drug-likeness (QED) is 0.853. The van der Waals surface area contributed by atoms with Gasteiger partial charge >= 0.3 is 0 Å². The second kappa shape index (κ2) is 6.70. The summed E-state index contributed by atoms with van der Waals surface area (Å²) in [5.74, 6) is 0. The van der Waals surface area contributed by atoms with Crippen LogP contribution in [0.1, 0.15) is 18.6 Å². The number of benzene rings is 1. The Morgan fingerprint density at radius 3 is 2.89 bits per heavy atom. The van der Waals surface area contributed by atoms with Gasteiger partial charge in [0.15, 0.2) is 0 Å². The molecule has 0 radical (unpaired) electrons. The van der Waals surface area contributed by atoms with Gasteiger partial charge in [0.2, 0.25) is 0 Å². The summed E-state index contributed by atoms with van der Waals surface area (Å²) in [6, 6.07) is 7.60. The first-order valence-electron chi connectivity index (χ1n) is 6.28. The van der Waals surface area contributed by atoms with Crippen LogP contribution < -0.4 is 5.32 Å². The molecule has 2 rings (SSSR count). The number of nitrogens with one attached hydrogen (secondary N) is 1. The molecule has 5 heteroatoms. The van der Waals surface area contributed by atoms with Crippen LogP contribution in [0.4, 0.5) is 0 Å². The first kappa shape index (κ1) is 14.1. The minimum absolute atomic E-state index is 0.242. The number of halogens is 1. The molecule has 0 aliphatic rings. The van der Waals surface area contributed by atoms with Crippen molar-refractivity contribution in [3.05, 3.63) is 53.6 Å². The Morgan fingerprint density at radius 1 is 1.42 bits per heavy atom. The molecule has 0 bridgehead atoms. The Labute approximate surface area is 118 Å². The molecule has 2 atom stereocenters. The van der Waals surface area contributed by atoms with Crippen molar-refractivity contribution in [2.45, 2.75) is 25.6 Å². The maximum atomic E-state index is 10.1. The van der Waals surface area contributed by atoms with Gasteiger partial charge in [-0.05, 0) is 13.0 Å². The molecule has 1 heterocycles. The third kappa shape index (κ3) is 4.06. The normalized spacial score (nSPS) is 14.3. The second-order valence-corrected chi connectivity index (χ2v) is 5.01. The molecular formula is C14H18ClN3O. The van der Waals surface area contributed by atoms with Gasteiger partial charge in [0.1, 0.15) is 0 Å². The molecule has 0 saturated carbocycles. The third-order valence-corrected chi connectivity index (χ3v) is 3.31. The number of aliphatic hydroxyl groups excluding tert-OH is 1. The van der Waals surface area contributed by atoms with Crippen LogP contribution in [0.15, 0.2) is 43.0 Å². The molecule has 1 aromatic heterocycles. The second-order valence-electron chi connectivity index (χ2n) is 4.61. The molecule has 4 nitrogen and oxygen atoms in total. The highest BCUT2D eigenvalue weighted by Gasteiger charge is 2.12. The van der Waals surface area contributed by atoms with E-state index in [1.807, 2.05) is 29.0 Å². The molecule has 102 valence electrons. The number of aromatic nitrogens is 2. The van der Waals surface area contributed by atoms with E-state index in [0.29, 0.717) is 11.6 Å². The fourth-order valence-electron chi connectivity index (χ4n) is 1.94. The molecule has 0 fully saturated rings. The first-order valence-corrected chi connectivity index (χ1v) is 6.66. The van der Waals surface area contributed by atoms with E-state index in [4.69, 9.17) is 11.6 Å². The van der Waals surface area contributed by atoms with Gasteiger partial charge in [0.25, 0.3) is 0 Å². The Bertz CT molecular complexity index is 501. The van der Waals surface area contributed by atoms with Crippen molar-refractivity contribution in [3.63, 3.8) is 0 Å². The Morgan fingerprint density at radius 2 is 2.21 bits per heavy atom. The zero-order valence-corrected chi connectivity index (χ0v) is 11.6. The maximum Gasteiger partial charge on any atom is 0.0946 e. The molecule has 0 spiro atoms. The largest absolute Gasteiger partial charge is 0.387 e. The van der Waals surface area contributed by atoms with Crippen LogP contribution in [0.5, 0.6) is 0 Å². The van der Waals surface area contributed by atoms with Crippen molar-refractivity contribution < 1.29 is 5.11 Å². The van der Waals surface area contributed by atoms with Gasteiger partial charge < -0.3 is 15.0 Å². The standard InChI is InChI=1S/C14H18ClN3O/c1-11(9-18-7-6-16-10-18)17-8-14(19)12-4-2-3-5-13(12)15/h2-7,10-11,14,17,19H,8-9H2,1H3. The Balaban J connectivity index is 1.83. The van der Waals surface area contributed by atoms with Crippen molar-refractivity contribution in [2.24, 2.45) is 0 Å². The molecule has 0 amide bonds. The van der Waals surface area contributed by atoms with Gasteiger partial charge in [-0.1, -0.05) is 29.8 Å². The summed E-state index contributed by atoms with van der Waals surface area (Å²) in [6.07, 6.45) is 4.86. The summed E-state index contributed by atoms with van der Waals surface area (Å²) in [6.45, 7) is 3.36. The van der Waals surface area contributed by atoms with Crippen molar-refractivity contribution in [2.75, 3.05) is 6.54 Å². The molecule has 0 aliphatic heterocycles. The average molecular weight is 280 g/mol. The van der Waals surface area contributed by atoms with Crippen molar-refractivity contribution in [1.29, 1.82) is 0 Å². The fraction of sp³-hybridized carbons (Fsp3) is 0.357. The highest BCUT2D eigenvalue weighted by molar-refractivity contribution is 6.31. The van der Waals surface area contributed by atoms with Gasteiger partial charge in [0.05, 0.1) is 12.4 Å². The number of hydrogen-bond acceptors (Lipinski definition) is 3. The molecule has 2 N–H and O–H groups in total. The lowest BCUT2D eigenvalue weighted by atomic mass is 10.1. The molecule has 19 heavy (non-hydrogen) atoms. The van der Waals surface area contributed by atoms with E-state index in [1.165, 1.54) is 0 Å². The summed E-state index contributed by atoms with van der Waals surface area (Å²) in [5, 5.41) is 14.0. The minimum atomic E-state index is -0.598. The molecule has 2 unspecified atom stereocenters. The van der Waals surface area contributed by atoms with E-state index in [-0.39, 0.29) is 6.04 Å². The van der Waals surface area contributed by atoms with E-state index in [9.17, 15) is 5.11 Å². The van der Waals surface area contributed by atoms with Gasteiger partial charge in [-0.2, -0.15) is 0 Å². The van der Waals surface area contributed by atoms with Crippen LogP contribution in [0.25, 0.3) is 0 Å². The summed E-state index contributed by atoms with van der Waals surface area (Å²) >= 11 is 6.05. The van der Waals surface area contributed by atoms with Gasteiger partial charge in [-0.25, -0.2) is 4.98 Å². The van der Waals surface area contributed by atoms with E-state index in [1.54, 1.807) is 18.6 Å². The number of imidazole rings is 1. The molecular weight excluding hydrogens is 262 g/mol. The van der Waals surface area contributed by atoms with Crippen molar-refractivity contribution >= 4 is 11.6 Å². The van der Waals surface area contributed by atoms with Crippen LogP contribution in [0.2, 0.25) is 5.02 Å². The monoisotopic (exact) mass is 279 g/mol. The number of aliphatic hydroxyl groups is 1. The number of rotatable bonds is 6. The lowest BCUT2D eigenvalue weighted by molar-refractivity contribution is 0.169. The lowest BCUT2D eigenvalue weighted by Gasteiger charge is -2.18. The number of hydrogen-bond donors (Lipinski definition) is 2. The van der Waals surface area contributed by atoms with Crippen molar-refractivity contribution in [3.8, 4) is 0 Å². The molecule has 1 aromatic carbocycles. The molecule has 0 saturated heterocycles. The SMILES string of the molecule is CC(Cn1ccnc1)NCC(O)c1ccccc1Cl. The fourth-order valence-corrected chi connectivity index (χ4v) is 2.21. The number of nitrogens with zero attached hydrogens (tertiary/aromatic N) is 2. The van der Waals surface area contributed by atoms with Crippen molar-refractivity contribution in [1.82, 2.24) is 14.9 Å². The minimum Gasteiger partial charge on any atom is -0.387 e. The van der Waals surface area contributed by atoms with Gasteiger partial charge in [0, 0.05) is 42.1 Å². The van der Waals surface area contributed by atoms with Crippen LogP contribution >= 0.6 is 11.6 Å². The van der Waals surface area contributed by atoms with Gasteiger partial charge in [-0.15, -0.1) is 0 Å². The zero-order chi connectivity index (χ0) is 13.7. The van der Waals surface area contributed by atoms with E-state index in [2.05, 4.69) is 17.2 Å². The third-order valence-electron chi connectivity index (χ3n) is 2.97. The van der Waals surface area contributed by atoms with Crippen LogP contribution in [0, 0.1) is 0 Å². The Kier molecular flexibility index (Phi) is 4.96. The van der Waals surface area contributed by atoms with E-state index in [0.717, 1.165) is 12.1 Å². The maximum absolute atomic E-state index is 10.1. The summed E-state index contributed by atoms with van der Waals surface area (Å²) < 4.78 is 2.00. The topological polar surface area (TPSA) is 50.1 Å². The first-order chi connectivity index (χ1) is 9.16. The average Bonchev–Trinajstić information content (AvgIpc) is 2.89. The highest BCUT2D eigenvalue weighted by atomic mass is 35.5. The lowest BCUT2D eigenvalue weighted by Crippen LogP contribution is -2.33. The zero-order valence-electron chi connectivity index (χ0n) is 10.8. The smallest absolute Gasteiger partial charge is 0.0946 e. The predicted molar refractivity (Wildman–Crippen MR) is 76.1 cm³/mol. The highest BCUT2D eigenvalue weighted by Crippen LogP contribution is 2.21. The van der Waals surface area contributed by atoms with E-state index < -0.39 is 6.10 Å². The van der Waals surface area contributed by atoms with Crippen LogP contribution in [-0.4, -0.2) is 27.2 Å². The van der Waals surface area contributed by atoms with Gasteiger partial charge in [-0.3, -0.25) is 0 Å². The molecule has 0 aliphatic carbocycles. The summed E-state index contributed by atoms with van der Waals surface area (Å²) in [4.78, 5) is 4.00. The molecule has 2 aromatic rings. The summed E-state index contributed by atoms with van der Waals surface area (Å²) in [7, 11) is 0.